The van der Waals surface area contributed by atoms with Crippen molar-refractivity contribution in [2.45, 2.75) is 25.4 Å². The number of halogens is 5. The fraction of sp³-hybridized carbons (Fsp3) is 0.333. The molecule has 0 aromatic heterocycles. The largest absolute Gasteiger partial charge is 0.458 e. The number of carbonyl (C=O) groups is 1. The van der Waals surface area contributed by atoms with Gasteiger partial charge >= 0.3 is 12.1 Å². The van der Waals surface area contributed by atoms with Crippen LogP contribution in [0.3, 0.4) is 0 Å². The maximum atomic E-state index is 13.2. The van der Waals surface area contributed by atoms with Gasteiger partial charge in [-0.25, -0.2) is 0 Å². The van der Waals surface area contributed by atoms with Crippen LogP contribution in [0.15, 0.2) is 18.2 Å². The van der Waals surface area contributed by atoms with Crippen LogP contribution in [0.2, 0.25) is 0 Å². The molecule has 0 unspecified atom stereocenters. The molecule has 3 nitrogen and oxygen atoms in total. The van der Waals surface area contributed by atoms with E-state index in [4.69, 9.17) is 5.26 Å². The maximum Gasteiger partial charge on any atom is 0.458 e. The van der Waals surface area contributed by atoms with E-state index in [0.29, 0.717) is 6.07 Å². The van der Waals surface area contributed by atoms with Gasteiger partial charge in [-0.05, 0) is 24.6 Å². The molecule has 0 bridgehead atoms. The van der Waals surface area contributed by atoms with Gasteiger partial charge in [-0.15, -0.1) is 0 Å². The van der Waals surface area contributed by atoms with Gasteiger partial charge in [0.05, 0.1) is 6.07 Å². The molecule has 0 spiro atoms. The smallest absolute Gasteiger partial charge is 0.325 e. The van der Waals surface area contributed by atoms with Gasteiger partial charge in [0.25, 0.3) is 0 Å². The summed E-state index contributed by atoms with van der Waals surface area (Å²) in [6.07, 6.45) is -6.14. The molecule has 1 aromatic carbocycles. The fourth-order valence-electron chi connectivity index (χ4n) is 1.52. The van der Waals surface area contributed by atoms with Crippen LogP contribution in [-0.2, 0) is 10.7 Å². The van der Waals surface area contributed by atoms with Crippen molar-refractivity contribution < 1.29 is 26.7 Å². The first-order valence-electron chi connectivity index (χ1n) is 5.32. The van der Waals surface area contributed by atoms with E-state index in [1.807, 2.05) is 0 Å². The normalized spacial score (nSPS) is 11.8. The molecule has 8 heteroatoms. The molecule has 1 N–H and O–H groups in total. The van der Waals surface area contributed by atoms with Crippen molar-refractivity contribution in [1.29, 1.82) is 5.26 Å². The van der Waals surface area contributed by atoms with Gasteiger partial charge in [0, 0.05) is 11.3 Å². The average Bonchev–Trinajstić information content (AvgIpc) is 2.27. The van der Waals surface area contributed by atoms with E-state index in [0.717, 1.165) is 19.1 Å². The van der Waals surface area contributed by atoms with E-state index in [-0.39, 0.29) is 11.3 Å². The molecule has 0 atom stereocenters. The number of nitrogens with one attached hydrogen (secondary N) is 1. The molecule has 0 aliphatic heterocycles. The first kappa shape index (κ1) is 15.9. The molecular weight excluding hydrogens is 283 g/mol. The van der Waals surface area contributed by atoms with Gasteiger partial charge in [0.1, 0.15) is 6.42 Å². The van der Waals surface area contributed by atoms with E-state index < -0.39 is 30.0 Å². The lowest BCUT2D eigenvalue weighted by Crippen LogP contribution is -2.34. The topological polar surface area (TPSA) is 52.9 Å². The number of anilines is 1. The number of nitrogens with zero attached hydrogens (tertiary/aromatic N) is 1. The summed E-state index contributed by atoms with van der Waals surface area (Å²) >= 11 is 0. The van der Waals surface area contributed by atoms with Gasteiger partial charge < -0.3 is 5.32 Å². The Labute approximate surface area is 111 Å². The van der Waals surface area contributed by atoms with Crippen LogP contribution in [0, 0.1) is 18.3 Å². The molecule has 1 rings (SSSR count). The van der Waals surface area contributed by atoms with E-state index in [9.17, 15) is 26.7 Å². The van der Waals surface area contributed by atoms with Gasteiger partial charge in [-0.1, -0.05) is 6.07 Å². The van der Waals surface area contributed by atoms with Crippen molar-refractivity contribution in [3.63, 3.8) is 0 Å². The summed E-state index contributed by atoms with van der Waals surface area (Å²) in [7, 11) is 0. The third-order valence-corrected chi connectivity index (χ3v) is 2.44. The second kappa shape index (κ2) is 5.45. The van der Waals surface area contributed by atoms with Gasteiger partial charge in [-0.3, -0.25) is 4.79 Å². The zero-order valence-electron chi connectivity index (χ0n) is 10.2. The Bertz CT molecular complexity index is 560. The van der Waals surface area contributed by atoms with Crippen LogP contribution in [0.5, 0.6) is 0 Å². The lowest BCUT2D eigenvalue weighted by molar-refractivity contribution is -0.289. The molecule has 0 heterocycles. The van der Waals surface area contributed by atoms with Crippen LogP contribution in [-0.4, -0.2) is 12.1 Å². The molecule has 0 radical (unpaired) electrons. The van der Waals surface area contributed by atoms with E-state index in [1.54, 1.807) is 6.07 Å². The molecule has 0 aliphatic carbocycles. The summed E-state index contributed by atoms with van der Waals surface area (Å²) in [6, 6.07) is 4.10. The number of amides is 1. The third kappa shape index (κ3) is 3.23. The van der Waals surface area contributed by atoms with Gasteiger partial charge in [0.15, 0.2) is 0 Å². The summed E-state index contributed by atoms with van der Waals surface area (Å²) in [5.41, 5.74) is -1.45. The first-order valence-corrected chi connectivity index (χ1v) is 5.32. The Morgan fingerprint density at radius 3 is 2.35 bits per heavy atom. The van der Waals surface area contributed by atoms with Crippen molar-refractivity contribution >= 4 is 11.6 Å². The predicted molar refractivity (Wildman–Crippen MR) is 60.0 cm³/mol. The van der Waals surface area contributed by atoms with E-state index >= 15 is 0 Å². The highest BCUT2D eigenvalue weighted by atomic mass is 19.4. The van der Waals surface area contributed by atoms with Crippen molar-refractivity contribution in [2.24, 2.45) is 0 Å². The number of alkyl halides is 5. The summed E-state index contributed by atoms with van der Waals surface area (Å²) in [4.78, 5) is 11.1. The van der Waals surface area contributed by atoms with Crippen molar-refractivity contribution in [2.75, 3.05) is 5.32 Å². The number of hydrogen-bond acceptors (Lipinski definition) is 2. The lowest BCUT2D eigenvalue weighted by atomic mass is 10.0. The highest BCUT2D eigenvalue weighted by molar-refractivity contribution is 5.92. The Kier molecular flexibility index (Phi) is 4.33. The molecule has 108 valence electrons. The molecule has 0 saturated carbocycles. The molecule has 0 aliphatic rings. The number of hydrogen-bond donors (Lipinski definition) is 1. The molecule has 1 amide bonds. The standard InChI is InChI=1S/C12H9F5N2O/c1-7-6-8(19-10(20)4-5-18)2-3-9(7)11(13,14)12(15,16)17/h2-3,6H,4H2,1H3,(H,19,20). The fourth-order valence-corrected chi connectivity index (χ4v) is 1.52. The first-order chi connectivity index (χ1) is 9.09. The van der Waals surface area contributed by atoms with Crippen LogP contribution < -0.4 is 5.32 Å². The quantitative estimate of drug-likeness (QED) is 0.867. The minimum atomic E-state index is -5.69. The molecule has 20 heavy (non-hydrogen) atoms. The summed E-state index contributed by atoms with van der Waals surface area (Å²) in [5, 5.41) is 10.5. The number of benzene rings is 1. The minimum Gasteiger partial charge on any atom is -0.325 e. The van der Waals surface area contributed by atoms with Gasteiger partial charge in [0.2, 0.25) is 5.91 Å². The number of rotatable bonds is 3. The Hall–Kier alpha value is -2.17. The van der Waals surface area contributed by atoms with E-state index in [1.165, 1.54) is 0 Å². The highest BCUT2D eigenvalue weighted by Crippen LogP contribution is 2.45. The van der Waals surface area contributed by atoms with Crippen LogP contribution in [0.1, 0.15) is 17.5 Å². The molecule has 0 saturated heterocycles. The Balaban J connectivity index is 3.06. The van der Waals surface area contributed by atoms with Crippen molar-refractivity contribution in [3.05, 3.63) is 29.3 Å². The second-order valence-electron chi connectivity index (χ2n) is 3.98. The zero-order chi connectivity index (χ0) is 15.6. The summed E-state index contributed by atoms with van der Waals surface area (Å²) in [5.74, 6) is -5.64. The van der Waals surface area contributed by atoms with Crippen molar-refractivity contribution in [1.82, 2.24) is 0 Å². The van der Waals surface area contributed by atoms with E-state index in [2.05, 4.69) is 5.32 Å². The summed E-state index contributed by atoms with van der Waals surface area (Å²) in [6.45, 7) is 1.08. The minimum absolute atomic E-state index is 0.0458. The molecule has 1 aromatic rings. The molecule has 0 fully saturated rings. The zero-order valence-corrected chi connectivity index (χ0v) is 10.2. The monoisotopic (exact) mass is 292 g/mol. The molecular formula is C12H9F5N2O. The van der Waals surface area contributed by atoms with Crippen LogP contribution in [0.25, 0.3) is 0 Å². The SMILES string of the molecule is Cc1cc(NC(=O)CC#N)ccc1C(F)(F)C(F)(F)F. The second-order valence-corrected chi connectivity index (χ2v) is 3.98. The van der Waals surface area contributed by atoms with Crippen LogP contribution in [0.4, 0.5) is 27.6 Å². The number of nitriles is 1. The van der Waals surface area contributed by atoms with Crippen molar-refractivity contribution in [3.8, 4) is 6.07 Å². The van der Waals surface area contributed by atoms with Gasteiger partial charge in [-0.2, -0.15) is 27.2 Å². The van der Waals surface area contributed by atoms with Crippen LogP contribution >= 0.6 is 0 Å². The summed E-state index contributed by atoms with van der Waals surface area (Å²) < 4.78 is 63.1. The third-order valence-electron chi connectivity index (χ3n) is 2.44. The number of aryl methyl sites for hydroxylation is 1. The Morgan fingerprint density at radius 2 is 1.90 bits per heavy atom. The average molecular weight is 292 g/mol. The number of carbonyl (C=O) groups excluding carboxylic acids is 1. The Morgan fingerprint density at radius 1 is 1.30 bits per heavy atom. The highest BCUT2D eigenvalue weighted by Gasteiger charge is 2.59. The predicted octanol–water partition coefficient (Wildman–Crippen LogP) is 3.50. The lowest BCUT2D eigenvalue weighted by Gasteiger charge is -2.22. The maximum absolute atomic E-state index is 13.2.